The van der Waals surface area contributed by atoms with Crippen molar-refractivity contribution < 1.29 is 23.8 Å². The van der Waals surface area contributed by atoms with E-state index in [0.717, 1.165) is 5.56 Å². The monoisotopic (exact) mass is 523 g/mol. The van der Waals surface area contributed by atoms with Crippen molar-refractivity contribution in [1.29, 1.82) is 0 Å². The van der Waals surface area contributed by atoms with Crippen molar-refractivity contribution in [2.45, 2.75) is 0 Å². The lowest BCUT2D eigenvalue weighted by atomic mass is 9.98. The van der Waals surface area contributed by atoms with Crippen molar-refractivity contribution in [2.24, 2.45) is 0 Å². The molecule has 1 N–H and O–H groups in total. The van der Waals surface area contributed by atoms with Gasteiger partial charge in [0.15, 0.2) is 28.8 Å². The molecular formula is C29H25N5O5. The number of benzene rings is 3. The molecule has 196 valence electrons. The van der Waals surface area contributed by atoms with Gasteiger partial charge in [0, 0.05) is 22.8 Å². The van der Waals surface area contributed by atoms with Crippen LogP contribution < -0.4 is 19.5 Å². The van der Waals surface area contributed by atoms with Crippen LogP contribution in [0.2, 0.25) is 0 Å². The molecular weight excluding hydrogens is 498 g/mol. The highest BCUT2D eigenvalue weighted by molar-refractivity contribution is 6.15. The second kappa shape index (κ2) is 11.4. The summed E-state index contributed by atoms with van der Waals surface area (Å²) in [5.74, 6) is 1.41. The van der Waals surface area contributed by atoms with E-state index in [1.54, 1.807) is 91.5 Å². The van der Waals surface area contributed by atoms with Crippen molar-refractivity contribution >= 4 is 17.3 Å². The smallest absolute Gasteiger partial charge is 0.252 e. The molecule has 1 amide bonds. The average Bonchev–Trinajstić information content (AvgIpc) is 3.42. The lowest BCUT2D eigenvalue weighted by Crippen LogP contribution is -2.29. The Hall–Kier alpha value is -5.25. The number of rotatable bonds is 10. The molecule has 39 heavy (non-hydrogen) atoms. The maximum atomic E-state index is 12.9. The van der Waals surface area contributed by atoms with E-state index in [1.165, 1.54) is 0 Å². The van der Waals surface area contributed by atoms with Crippen LogP contribution in [0.5, 0.6) is 17.4 Å². The first-order chi connectivity index (χ1) is 19.1. The summed E-state index contributed by atoms with van der Waals surface area (Å²) in [6.07, 6.45) is 0. The number of carbonyl (C=O) groups excluding carboxylic acids is 2. The number of ether oxygens (including phenoxy) is 3. The molecule has 0 saturated carbocycles. The van der Waals surface area contributed by atoms with Gasteiger partial charge in [-0.3, -0.25) is 9.59 Å². The largest absolute Gasteiger partial charge is 0.493 e. The summed E-state index contributed by atoms with van der Waals surface area (Å²) in [7, 11) is 3.13. The predicted octanol–water partition coefficient (Wildman–Crippen LogP) is 3.85. The highest BCUT2D eigenvalue weighted by Gasteiger charge is 2.18. The van der Waals surface area contributed by atoms with E-state index >= 15 is 0 Å². The number of carbonyl (C=O) groups is 2. The predicted molar refractivity (Wildman–Crippen MR) is 143 cm³/mol. The lowest BCUT2D eigenvalue weighted by molar-refractivity contribution is 0.0936. The normalized spacial score (nSPS) is 10.7. The Morgan fingerprint density at radius 3 is 2.33 bits per heavy atom. The van der Waals surface area contributed by atoms with Gasteiger partial charge in [-0.15, -0.1) is 15.3 Å². The average molecular weight is 524 g/mol. The summed E-state index contributed by atoms with van der Waals surface area (Å²) in [6.45, 7) is 0.365. The summed E-state index contributed by atoms with van der Waals surface area (Å²) >= 11 is 0. The third kappa shape index (κ3) is 5.40. The quantitative estimate of drug-likeness (QED) is 0.217. The molecule has 0 unspecified atom stereocenters. The molecule has 0 saturated heterocycles. The minimum absolute atomic E-state index is 0.160. The number of nitrogens with zero attached hydrogens (tertiary/aromatic N) is 4. The van der Waals surface area contributed by atoms with Gasteiger partial charge in [0.25, 0.3) is 5.91 Å². The fraction of sp³-hybridized carbons (Fsp3) is 0.138. The fourth-order valence-electron chi connectivity index (χ4n) is 4.04. The highest BCUT2D eigenvalue weighted by atomic mass is 16.5. The second-order valence-electron chi connectivity index (χ2n) is 8.38. The topological polar surface area (TPSA) is 117 Å². The maximum absolute atomic E-state index is 12.9. The zero-order chi connectivity index (χ0) is 27.2. The molecule has 10 nitrogen and oxygen atoms in total. The minimum atomic E-state index is -0.364. The maximum Gasteiger partial charge on any atom is 0.252 e. The van der Waals surface area contributed by atoms with Crippen LogP contribution >= 0.6 is 0 Å². The van der Waals surface area contributed by atoms with Crippen LogP contribution in [0.1, 0.15) is 26.3 Å². The van der Waals surface area contributed by atoms with Gasteiger partial charge < -0.3 is 19.5 Å². The van der Waals surface area contributed by atoms with E-state index in [-0.39, 0.29) is 24.8 Å². The zero-order valence-corrected chi connectivity index (χ0v) is 21.3. The number of aromatic nitrogens is 4. The lowest BCUT2D eigenvalue weighted by Gasteiger charge is -2.11. The molecule has 0 fully saturated rings. The molecule has 5 rings (SSSR count). The van der Waals surface area contributed by atoms with Crippen LogP contribution in [0.3, 0.4) is 0 Å². The van der Waals surface area contributed by atoms with Gasteiger partial charge in [0.1, 0.15) is 6.61 Å². The Kier molecular flexibility index (Phi) is 7.44. The SMILES string of the molecule is COc1ccc(-c2nnc3ccc(OCCNC(=O)c4ccccc4C(=O)c4ccccc4)nn23)cc1OC. The van der Waals surface area contributed by atoms with Gasteiger partial charge in [0.05, 0.1) is 26.3 Å². The molecule has 2 heterocycles. The Morgan fingerprint density at radius 2 is 1.56 bits per heavy atom. The van der Waals surface area contributed by atoms with Crippen molar-refractivity contribution in [3.8, 4) is 28.8 Å². The zero-order valence-electron chi connectivity index (χ0n) is 21.3. The Balaban J connectivity index is 1.25. The van der Waals surface area contributed by atoms with Gasteiger partial charge in [0.2, 0.25) is 5.88 Å². The molecule has 3 aromatic carbocycles. The summed E-state index contributed by atoms with van der Waals surface area (Å²) < 4.78 is 18.0. The first-order valence-electron chi connectivity index (χ1n) is 12.1. The highest BCUT2D eigenvalue weighted by Crippen LogP contribution is 2.31. The number of nitrogens with one attached hydrogen (secondary N) is 1. The second-order valence-corrected chi connectivity index (χ2v) is 8.38. The van der Waals surface area contributed by atoms with Crippen molar-refractivity contribution in [3.05, 3.63) is 102 Å². The van der Waals surface area contributed by atoms with E-state index in [2.05, 4.69) is 20.6 Å². The molecule has 5 aromatic rings. The fourth-order valence-corrected chi connectivity index (χ4v) is 4.04. The van der Waals surface area contributed by atoms with Gasteiger partial charge in [-0.2, -0.15) is 4.52 Å². The van der Waals surface area contributed by atoms with E-state index < -0.39 is 0 Å². The van der Waals surface area contributed by atoms with Gasteiger partial charge in [-0.05, 0) is 30.3 Å². The summed E-state index contributed by atoms with van der Waals surface area (Å²) in [5.41, 5.74) is 2.43. The summed E-state index contributed by atoms with van der Waals surface area (Å²) in [4.78, 5) is 25.8. The van der Waals surface area contributed by atoms with Gasteiger partial charge >= 0.3 is 0 Å². The van der Waals surface area contributed by atoms with Crippen LogP contribution in [-0.4, -0.2) is 58.9 Å². The molecule has 2 aromatic heterocycles. The number of methoxy groups -OCH3 is 2. The van der Waals surface area contributed by atoms with E-state index in [4.69, 9.17) is 14.2 Å². The number of ketones is 1. The van der Waals surface area contributed by atoms with Crippen LogP contribution in [0.25, 0.3) is 17.0 Å². The van der Waals surface area contributed by atoms with E-state index in [0.29, 0.717) is 45.5 Å². The van der Waals surface area contributed by atoms with Gasteiger partial charge in [-0.1, -0.05) is 48.5 Å². The Labute approximate surface area is 224 Å². The molecule has 0 radical (unpaired) electrons. The Morgan fingerprint density at radius 1 is 0.821 bits per heavy atom. The van der Waals surface area contributed by atoms with Crippen LogP contribution in [-0.2, 0) is 0 Å². The van der Waals surface area contributed by atoms with Crippen LogP contribution in [0.4, 0.5) is 0 Å². The number of hydrogen-bond donors (Lipinski definition) is 1. The number of amides is 1. The van der Waals surface area contributed by atoms with Crippen LogP contribution in [0, 0.1) is 0 Å². The third-order valence-electron chi connectivity index (χ3n) is 5.97. The molecule has 0 spiro atoms. The van der Waals surface area contributed by atoms with Crippen LogP contribution in [0.15, 0.2) is 84.9 Å². The molecule has 0 aliphatic carbocycles. The Bertz CT molecular complexity index is 1630. The summed E-state index contributed by atoms with van der Waals surface area (Å²) in [6, 6.07) is 24.4. The van der Waals surface area contributed by atoms with Crippen molar-refractivity contribution in [1.82, 2.24) is 25.1 Å². The number of fused-ring (bicyclic) bond motifs is 1. The van der Waals surface area contributed by atoms with Crippen molar-refractivity contribution in [3.63, 3.8) is 0 Å². The number of hydrogen-bond acceptors (Lipinski definition) is 8. The third-order valence-corrected chi connectivity index (χ3v) is 5.97. The minimum Gasteiger partial charge on any atom is -0.493 e. The van der Waals surface area contributed by atoms with Gasteiger partial charge in [-0.25, -0.2) is 0 Å². The molecule has 0 aliphatic rings. The standard InChI is InChI=1S/C29H25N5O5/c1-37-23-13-12-20(18-24(23)38-2)28-32-31-25-14-15-26(33-34(25)28)39-17-16-30-29(36)22-11-7-6-10-21(22)27(35)19-8-4-3-5-9-19/h3-15,18H,16-17H2,1-2H3,(H,30,36). The van der Waals surface area contributed by atoms with E-state index in [1.807, 2.05) is 12.1 Å². The first kappa shape index (κ1) is 25.4. The molecule has 10 heteroatoms. The molecule has 0 bridgehead atoms. The van der Waals surface area contributed by atoms with E-state index in [9.17, 15) is 9.59 Å². The molecule has 0 atom stereocenters. The van der Waals surface area contributed by atoms with Crippen molar-refractivity contribution in [2.75, 3.05) is 27.4 Å². The molecule has 0 aliphatic heterocycles. The summed E-state index contributed by atoms with van der Waals surface area (Å²) in [5, 5.41) is 15.7. The first-order valence-corrected chi connectivity index (χ1v) is 12.1.